The summed E-state index contributed by atoms with van der Waals surface area (Å²) in [6, 6.07) is 7.99. The Morgan fingerprint density at radius 2 is 2.06 bits per heavy atom. The number of carbonyl (C=O) groups excluding carboxylic acids is 1. The van der Waals surface area contributed by atoms with Crippen molar-refractivity contribution in [1.82, 2.24) is 10.2 Å². The predicted octanol–water partition coefficient (Wildman–Crippen LogP) is 1.97. The average molecular weight is 315 g/mol. The van der Waals surface area contributed by atoms with Gasteiger partial charge in [-0.15, -0.1) is 11.8 Å². The fourth-order valence-electron chi connectivity index (χ4n) is 1.71. The molecule has 1 aromatic carbocycles. The van der Waals surface area contributed by atoms with E-state index in [2.05, 4.69) is 21.2 Å². The fourth-order valence-corrected chi connectivity index (χ4v) is 3.18. The molecule has 2 rings (SSSR count). The Balaban J connectivity index is 1.85. The van der Waals surface area contributed by atoms with Gasteiger partial charge in [0.05, 0.1) is 5.75 Å². The molecule has 5 heteroatoms. The van der Waals surface area contributed by atoms with E-state index in [1.165, 1.54) is 0 Å². The molecule has 1 aromatic rings. The van der Waals surface area contributed by atoms with Gasteiger partial charge in [0, 0.05) is 35.5 Å². The van der Waals surface area contributed by atoms with E-state index in [1.54, 1.807) is 11.8 Å². The summed E-state index contributed by atoms with van der Waals surface area (Å²) in [5.74, 6) is 0.745. The van der Waals surface area contributed by atoms with Crippen LogP contribution in [0.15, 0.2) is 33.6 Å². The van der Waals surface area contributed by atoms with Gasteiger partial charge in [0.1, 0.15) is 0 Å². The highest BCUT2D eigenvalue weighted by atomic mass is 79.9. The number of rotatable bonds is 3. The van der Waals surface area contributed by atoms with Crippen LogP contribution in [0.3, 0.4) is 0 Å². The van der Waals surface area contributed by atoms with Crippen molar-refractivity contribution in [3.05, 3.63) is 28.7 Å². The summed E-state index contributed by atoms with van der Waals surface area (Å²) >= 11 is 5.08. The number of amides is 1. The molecule has 0 atom stereocenters. The normalized spacial score (nSPS) is 15.9. The maximum absolute atomic E-state index is 11.9. The van der Waals surface area contributed by atoms with Crippen LogP contribution in [0.5, 0.6) is 0 Å². The molecule has 1 aliphatic rings. The first kappa shape index (κ1) is 12.9. The molecule has 1 N–H and O–H groups in total. The summed E-state index contributed by atoms with van der Waals surface area (Å²) < 4.78 is 1.05. The van der Waals surface area contributed by atoms with Crippen molar-refractivity contribution in [3.8, 4) is 0 Å². The Hall–Kier alpha value is -0.520. The van der Waals surface area contributed by atoms with E-state index < -0.39 is 0 Å². The van der Waals surface area contributed by atoms with Gasteiger partial charge in [-0.25, -0.2) is 0 Å². The molecular formula is C12H15BrN2OS. The molecule has 1 amide bonds. The molecule has 1 saturated heterocycles. The van der Waals surface area contributed by atoms with Crippen LogP contribution < -0.4 is 5.32 Å². The van der Waals surface area contributed by atoms with Gasteiger partial charge >= 0.3 is 0 Å². The van der Waals surface area contributed by atoms with Gasteiger partial charge in [-0.1, -0.05) is 12.1 Å². The van der Waals surface area contributed by atoms with E-state index in [0.717, 1.165) is 35.5 Å². The third kappa shape index (κ3) is 3.72. The van der Waals surface area contributed by atoms with Gasteiger partial charge in [-0.2, -0.15) is 0 Å². The Kier molecular flexibility index (Phi) is 4.88. The molecule has 1 aliphatic heterocycles. The van der Waals surface area contributed by atoms with E-state index in [-0.39, 0.29) is 5.91 Å². The lowest BCUT2D eigenvalue weighted by Crippen LogP contribution is -2.47. The van der Waals surface area contributed by atoms with Crippen LogP contribution in [-0.4, -0.2) is 42.7 Å². The molecule has 1 heterocycles. The molecular weight excluding hydrogens is 300 g/mol. The summed E-state index contributed by atoms with van der Waals surface area (Å²) in [5.41, 5.74) is 0. The Bertz CT molecular complexity index is 394. The lowest BCUT2D eigenvalue weighted by Gasteiger charge is -2.27. The topological polar surface area (TPSA) is 32.3 Å². The molecule has 3 nitrogen and oxygen atoms in total. The number of thioether (sulfide) groups is 1. The van der Waals surface area contributed by atoms with Crippen molar-refractivity contribution in [1.29, 1.82) is 0 Å². The smallest absolute Gasteiger partial charge is 0.233 e. The molecule has 0 aromatic heterocycles. The second-order valence-electron chi connectivity index (χ2n) is 3.85. The van der Waals surface area contributed by atoms with E-state index in [4.69, 9.17) is 0 Å². The number of hydrogen-bond acceptors (Lipinski definition) is 3. The highest BCUT2D eigenvalue weighted by Gasteiger charge is 2.16. The van der Waals surface area contributed by atoms with Crippen LogP contribution in [0.2, 0.25) is 0 Å². The van der Waals surface area contributed by atoms with Crippen molar-refractivity contribution in [2.75, 3.05) is 31.9 Å². The SMILES string of the molecule is O=C(CSc1ccccc1Br)N1CCNCC1. The Morgan fingerprint density at radius 1 is 1.35 bits per heavy atom. The van der Waals surface area contributed by atoms with Crippen molar-refractivity contribution >= 4 is 33.6 Å². The molecule has 0 saturated carbocycles. The summed E-state index contributed by atoms with van der Waals surface area (Å²) in [6.07, 6.45) is 0. The van der Waals surface area contributed by atoms with Crippen molar-refractivity contribution in [2.45, 2.75) is 4.90 Å². The van der Waals surface area contributed by atoms with E-state index in [1.807, 2.05) is 29.2 Å². The molecule has 17 heavy (non-hydrogen) atoms. The van der Waals surface area contributed by atoms with Gasteiger partial charge in [0.25, 0.3) is 0 Å². The van der Waals surface area contributed by atoms with Gasteiger partial charge in [0.15, 0.2) is 0 Å². The van der Waals surface area contributed by atoms with Gasteiger partial charge in [-0.05, 0) is 28.1 Å². The fraction of sp³-hybridized carbons (Fsp3) is 0.417. The summed E-state index contributed by atoms with van der Waals surface area (Å²) in [6.45, 7) is 3.47. The Morgan fingerprint density at radius 3 is 2.76 bits per heavy atom. The number of hydrogen-bond donors (Lipinski definition) is 1. The monoisotopic (exact) mass is 314 g/mol. The minimum atomic E-state index is 0.229. The molecule has 0 unspecified atom stereocenters. The maximum Gasteiger partial charge on any atom is 0.233 e. The van der Waals surface area contributed by atoms with Crippen molar-refractivity contribution in [3.63, 3.8) is 0 Å². The van der Waals surface area contributed by atoms with E-state index >= 15 is 0 Å². The first-order valence-electron chi connectivity index (χ1n) is 5.63. The predicted molar refractivity (Wildman–Crippen MR) is 74.3 cm³/mol. The van der Waals surface area contributed by atoms with Gasteiger partial charge in [-0.3, -0.25) is 4.79 Å². The first-order valence-corrected chi connectivity index (χ1v) is 7.41. The molecule has 92 valence electrons. The standard InChI is InChI=1S/C12H15BrN2OS/c13-10-3-1-2-4-11(10)17-9-12(16)15-7-5-14-6-8-15/h1-4,14H,5-9H2. The zero-order chi connectivity index (χ0) is 12.1. The lowest BCUT2D eigenvalue weighted by molar-refractivity contribution is -0.128. The van der Waals surface area contributed by atoms with Crippen molar-refractivity contribution < 1.29 is 4.79 Å². The number of nitrogens with zero attached hydrogens (tertiary/aromatic N) is 1. The minimum absolute atomic E-state index is 0.229. The molecule has 0 spiro atoms. The highest BCUT2D eigenvalue weighted by Crippen LogP contribution is 2.27. The zero-order valence-corrected chi connectivity index (χ0v) is 11.9. The third-order valence-electron chi connectivity index (χ3n) is 2.66. The van der Waals surface area contributed by atoms with Crippen LogP contribution in [0.1, 0.15) is 0 Å². The second kappa shape index (κ2) is 6.42. The van der Waals surface area contributed by atoms with Crippen LogP contribution in [0.25, 0.3) is 0 Å². The summed E-state index contributed by atoms with van der Waals surface area (Å²) in [5, 5.41) is 3.24. The third-order valence-corrected chi connectivity index (χ3v) is 4.67. The second-order valence-corrected chi connectivity index (χ2v) is 5.72. The number of piperazine rings is 1. The van der Waals surface area contributed by atoms with Crippen molar-refractivity contribution in [2.24, 2.45) is 0 Å². The van der Waals surface area contributed by atoms with E-state index in [0.29, 0.717) is 5.75 Å². The van der Waals surface area contributed by atoms with Crippen LogP contribution in [0.4, 0.5) is 0 Å². The molecule has 0 bridgehead atoms. The summed E-state index contributed by atoms with van der Waals surface area (Å²) in [4.78, 5) is 15.0. The Labute approximate surface area is 114 Å². The minimum Gasteiger partial charge on any atom is -0.339 e. The average Bonchev–Trinajstić information content (AvgIpc) is 2.38. The zero-order valence-electron chi connectivity index (χ0n) is 9.49. The number of nitrogens with one attached hydrogen (secondary N) is 1. The lowest BCUT2D eigenvalue weighted by atomic mass is 10.3. The molecule has 1 fully saturated rings. The summed E-state index contributed by atoms with van der Waals surface area (Å²) in [7, 11) is 0. The quantitative estimate of drug-likeness (QED) is 0.866. The van der Waals surface area contributed by atoms with Gasteiger partial charge in [0.2, 0.25) is 5.91 Å². The molecule has 0 aliphatic carbocycles. The number of carbonyl (C=O) groups is 1. The first-order chi connectivity index (χ1) is 8.27. The highest BCUT2D eigenvalue weighted by molar-refractivity contribution is 9.10. The maximum atomic E-state index is 11.9. The van der Waals surface area contributed by atoms with E-state index in [9.17, 15) is 4.79 Å². The van der Waals surface area contributed by atoms with Crippen LogP contribution in [-0.2, 0) is 4.79 Å². The van der Waals surface area contributed by atoms with Crippen LogP contribution >= 0.6 is 27.7 Å². The number of halogens is 1. The molecule has 0 radical (unpaired) electrons. The number of benzene rings is 1. The largest absolute Gasteiger partial charge is 0.339 e. The van der Waals surface area contributed by atoms with Crippen LogP contribution in [0, 0.1) is 0 Å². The van der Waals surface area contributed by atoms with Gasteiger partial charge < -0.3 is 10.2 Å².